The number of hydrogen-bond acceptors (Lipinski definition) is 4. The highest BCUT2D eigenvalue weighted by molar-refractivity contribution is 7.21. The molecule has 0 saturated carbocycles. The van der Waals surface area contributed by atoms with E-state index in [1.54, 1.807) is 17.4 Å². The molecule has 0 bridgehead atoms. The molecule has 4 aromatic carbocycles. The molecule has 4 nitrogen and oxygen atoms in total. The van der Waals surface area contributed by atoms with Crippen LogP contribution in [-0.4, -0.2) is 21.1 Å². The van der Waals surface area contributed by atoms with E-state index in [0.29, 0.717) is 5.69 Å². The molecule has 0 amide bonds. The Hall–Kier alpha value is -4.03. The zero-order valence-corrected chi connectivity index (χ0v) is 21.9. The Morgan fingerprint density at radius 3 is 2.13 bits per heavy atom. The van der Waals surface area contributed by atoms with Gasteiger partial charge in [-0.1, -0.05) is 83.9 Å². The molecular weight excluding hydrogens is 535 g/mol. The van der Waals surface area contributed by atoms with Gasteiger partial charge in [-0.2, -0.15) is 0 Å². The van der Waals surface area contributed by atoms with Crippen molar-refractivity contribution in [2.24, 2.45) is 0 Å². The van der Waals surface area contributed by atoms with Crippen molar-refractivity contribution >= 4 is 73.3 Å². The van der Waals surface area contributed by atoms with Gasteiger partial charge in [-0.15, -0.1) is 11.3 Å². The van der Waals surface area contributed by atoms with Crippen molar-refractivity contribution in [2.45, 2.75) is 0 Å². The van der Waals surface area contributed by atoms with Crippen LogP contribution in [0.5, 0.6) is 0 Å². The number of thiazole rings is 1. The number of nitrogens with zero attached hydrogens (tertiary/aromatic N) is 2. The van der Waals surface area contributed by atoms with E-state index in [-0.39, 0.29) is 38.3 Å². The Morgan fingerprint density at radius 1 is 0.737 bits per heavy atom. The van der Waals surface area contributed by atoms with Gasteiger partial charge in [0.15, 0.2) is 17.2 Å². The predicted molar refractivity (Wildman–Crippen MR) is 155 cm³/mol. The number of carbonyl (C=O) groups excluding carboxylic acids is 2. The van der Waals surface area contributed by atoms with Crippen molar-refractivity contribution in [3.8, 4) is 16.3 Å². The summed E-state index contributed by atoms with van der Waals surface area (Å²) in [5.74, 6) is -0.728. The maximum atomic E-state index is 13.2. The fraction of sp³-hybridized carbons (Fsp3) is 0. The first kappa shape index (κ1) is 23.1. The van der Waals surface area contributed by atoms with Crippen molar-refractivity contribution in [3.05, 3.63) is 123 Å². The number of carbonyl (C=O) groups is 2. The number of halogens is 2. The molecule has 7 heteroatoms. The van der Waals surface area contributed by atoms with E-state index in [2.05, 4.69) is 24.3 Å². The van der Waals surface area contributed by atoms with Gasteiger partial charge in [0.2, 0.25) is 0 Å². The molecule has 0 N–H and O–H groups in total. The van der Waals surface area contributed by atoms with Crippen LogP contribution in [0.15, 0.2) is 96.6 Å². The summed E-state index contributed by atoms with van der Waals surface area (Å²) in [4.78, 5) is 31.5. The summed E-state index contributed by atoms with van der Waals surface area (Å²) in [7, 11) is 0. The van der Waals surface area contributed by atoms with Gasteiger partial charge in [0.05, 0.1) is 26.0 Å². The first-order chi connectivity index (χ1) is 18.5. The second-order valence-electron chi connectivity index (χ2n) is 9.00. The Labute approximate surface area is 231 Å². The molecule has 1 aliphatic carbocycles. The van der Waals surface area contributed by atoms with Crippen LogP contribution in [0.1, 0.15) is 26.4 Å². The molecule has 1 aliphatic rings. The molecule has 38 heavy (non-hydrogen) atoms. The quantitative estimate of drug-likeness (QED) is 0.163. The lowest BCUT2D eigenvalue weighted by atomic mass is 10.1. The van der Waals surface area contributed by atoms with Gasteiger partial charge >= 0.3 is 0 Å². The Kier molecular flexibility index (Phi) is 5.34. The zero-order valence-electron chi connectivity index (χ0n) is 19.6. The lowest BCUT2D eigenvalue weighted by Crippen LogP contribution is -2.03. The average molecular weight is 551 g/mol. The van der Waals surface area contributed by atoms with E-state index in [9.17, 15) is 9.59 Å². The monoisotopic (exact) mass is 550 g/mol. The van der Waals surface area contributed by atoms with Crippen molar-refractivity contribution in [1.29, 1.82) is 0 Å². The number of ketones is 2. The summed E-state index contributed by atoms with van der Waals surface area (Å²) in [6, 6.07) is 29.2. The van der Waals surface area contributed by atoms with Gasteiger partial charge in [0.25, 0.3) is 0 Å². The van der Waals surface area contributed by atoms with Crippen molar-refractivity contribution in [3.63, 3.8) is 0 Å². The van der Waals surface area contributed by atoms with Gasteiger partial charge in [-0.05, 0) is 47.2 Å². The van der Waals surface area contributed by atoms with Crippen LogP contribution >= 0.6 is 34.5 Å². The summed E-state index contributed by atoms with van der Waals surface area (Å²) in [5.41, 5.74) is 4.02. The number of benzene rings is 4. The fourth-order valence-electron chi connectivity index (χ4n) is 4.98. The number of fused-ring (bicyclic) bond motifs is 3. The highest BCUT2D eigenvalue weighted by atomic mass is 35.5. The van der Waals surface area contributed by atoms with Crippen molar-refractivity contribution in [2.75, 3.05) is 0 Å². The summed E-state index contributed by atoms with van der Waals surface area (Å²) in [6.07, 6.45) is 1.64. The largest absolute Gasteiger partial charge is 0.294 e. The fourth-order valence-corrected chi connectivity index (χ4v) is 6.34. The molecule has 0 fully saturated rings. The zero-order chi connectivity index (χ0) is 26.0. The Balaban J connectivity index is 1.42. The third-order valence-corrected chi connectivity index (χ3v) is 8.50. The number of Topliss-reactive ketones (excluding diaryl/α,β-unsaturated/α-hetero) is 2. The van der Waals surface area contributed by atoms with Gasteiger partial charge < -0.3 is 0 Å². The first-order valence-corrected chi connectivity index (χ1v) is 13.4. The van der Waals surface area contributed by atoms with E-state index in [4.69, 9.17) is 28.2 Å². The van der Waals surface area contributed by atoms with Crippen LogP contribution in [-0.2, 0) is 0 Å². The minimum atomic E-state index is -0.364. The Bertz CT molecular complexity index is 1940. The standard InChI is InChI=1S/C31H16Cl2N2O2S/c32-25-15-22-23(16-26(25)33)29(37)24(28(22)36)13-19-14-27-30(35(19)18-9-2-1-3-10-18)34-31(38-27)21-12-6-8-17-7-4-5-11-20(17)21/h1-16H. The normalized spacial score (nSPS) is 13.1. The first-order valence-electron chi connectivity index (χ1n) is 11.9. The van der Waals surface area contributed by atoms with Crippen LogP contribution in [0.25, 0.3) is 43.5 Å². The summed E-state index contributed by atoms with van der Waals surface area (Å²) >= 11 is 13.8. The van der Waals surface area contributed by atoms with E-state index >= 15 is 0 Å². The molecule has 7 rings (SSSR count). The van der Waals surface area contributed by atoms with Crippen LogP contribution in [0.2, 0.25) is 10.0 Å². The van der Waals surface area contributed by atoms with Gasteiger partial charge in [0, 0.05) is 22.4 Å². The number of aromatic nitrogens is 2. The van der Waals surface area contributed by atoms with Gasteiger partial charge in [0.1, 0.15) is 5.01 Å². The molecule has 0 saturated heterocycles. The maximum absolute atomic E-state index is 13.2. The topological polar surface area (TPSA) is 52.0 Å². The molecule has 2 heterocycles. The van der Waals surface area contributed by atoms with Gasteiger partial charge in [-0.25, -0.2) is 4.98 Å². The van der Waals surface area contributed by atoms with E-state index in [0.717, 1.165) is 37.4 Å². The average Bonchev–Trinajstić information content (AvgIpc) is 3.56. The molecule has 0 atom stereocenters. The minimum absolute atomic E-state index is 0.0787. The lowest BCUT2D eigenvalue weighted by Gasteiger charge is -2.08. The minimum Gasteiger partial charge on any atom is -0.294 e. The number of hydrogen-bond donors (Lipinski definition) is 0. The second-order valence-corrected chi connectivity index (χ2v) is 10.8. The highest BCUT2D eigenvalue weighted by Gasteiger charge is 2.34. The highest BCUT2D eigenvalue weighted by Crippen LogP contribution is 2.39. The van der Waals surface area contributed by atoms with Crippen LogP contribution in [0, 0.1) is 0 Å². The number of rotatable bonds is 3. The van der Waals surface area contributed by atoms with Gasteiger partial charge in [-0.3, -0.25) is 14.2 Å². The second kappa shape index (κ2) is 8.77. The number of para-hydroxylation sites is 1. The van der Waals surface area contributed by atoms with Crippen LogP contribution in [0.4, 0.5) is 0 Å². The molecule has 0 radical (unpaired) electrons. The molecular formula is C31H16Cl2N2O2S. The number of allylic oxidation sites excluding steroid dienone is 1. The van der Waals surface area contributed by atoms with E-state index in [1.807, 2.05) is 59.2 Å². The lowest BCUT2D eigenvalue weighted by molar-refractivity contribution is 0.0990. The van der Waals surface area contributed by atoms with Crippen molar-refractivity contribution < 1.29 is 9.59 Å². The SMILES string of the molecule is O=C1C(=Cc2cc3sc(-c4cccc5ccccc45)nc3n2-c2ccccc2)C(=O)c2cc(Cl)c(Cl)cc21. The van der Waals surface area contributed by atoms with Crippen LogP contribution in [0.3, 0.4) is 0 Å². The summed E-state index contributed by atoms with van der Waals surface area (Å²) in [5, 5.41) is 3.68. The molecule has 0 unspecified atom stereocenters. The van der Waals surface area contributed by atoms with Crippen LogP contribution < -0.4 is 0 Å². The smallest absolute Gasteiger partial charge is 0.197 e. The third kappa shape index (κ3) is 3.55. The molecule has 2 aromatic heterocycles. The summed E-state index contributed by atoms with van der Waals surface area (Å²) < 4.78 is 2.93. The van der Waals surface area contributed by atoms with Crippen molar-refractivity contribution in [1.82, 2.24) is 9.55 Å². The molecule has 182 valence electrons. The summed E-state index contributed by atoms with van der Waals surface area (Å²) in [6.45, 7) is 0. The molecule has 6 aromatic rings. The third-order valence-electron chi connectivity index (χ3n) is 6.75. The van der Waals surface area contributed by atoms with E-state index < -0.39 is 0 Å². The Morgan fingerprint density at radius 2 is 1.39 bits per heavy atom. The molecule has 0 aliphatic heterocycles. The van der Waals surface area contributed by atoms with E-state index in [1.165, 1.54) is 12.1 Å². The predicted octanol–water partition coefficient (Wildman–Crippen LogP) is 8.68. The maximum Gasteiger partial charge on any atom is 0.197 e. The molecule has 0 spiro atoms.